The molecule has 4 rings (SSSR count). The van der Waals surface area contributed by atoms with E-state index in [2.05, 4.69) is 39.0 Å². The number of carboxylic acids is 2. The highest BCUT2D eigenvalue weighted by Gasteiger charge is 2.31. The number of methoxy groups -OCH3 is 2. The number of benzene rings is 2. The van der Waals surface area contributed by atoms with Crippen LogP contribution in [0.15, 0.2) is 65.8 Å². The molecule has 0 bridgehead atoms. The average Bonchev–Trinajstić information content (AvgIpc) is 3.23. The Balaban J connectivity index is 0.000000543. The number of amides is 3. The average molecular weight is 1080 g/mol. The molecule has 380 valence electrons. The molecule has 3 amide bonds. The number of esters is 1. The normalized spacial score (nSPS) is 12.1. The van der Waals surface area contributed by atoms with Crippen molar-refractivity contribution in [1.82, 2.24) is 29.9 Å². The van der Waals surface area contributed by atoms with E-state index >= 15 is 0 Å². The van der Waals surface area contributed by atoms with Gasteiger partial charge in [-0.15, -0.1) is 0 Å². The highest BCUT2D eigenvalue weighted by atomic mass is 35.5. The third-order valence-corrected chi connectivity index (χ3v) is 9.61. The number of anilines is 1. The van der Waals surface area contributed by atoms with Crippen molar-refractivity contribution in [2.45, 2.75) is 24.2 Å². The van der Waals surface area contributed by atoms with Crippen molar-refractivity contribution in [3.63, 3.8) is 0 Å². The third-order valence-electron chi connectivity index (χ3n) is 7.08. The Morgan fingerprint density at radius 2 is 1.51 bits per heavy atom. The molecule has 2 aromatic heterocycles. The Morgan fingerprint density at radius 3 is 1.99 bits per heavy atom. The number of carbonyl (C=O) groups excluding carboxylic acids is 3. The van der Waals surface area contributed by atoms with Crippen molar-refractivity contribution in [1.29, 1.82) is 0 Å². The first-order valence-electron chi connectivity index (χ1n) is 18.5. The summed E-state index contributed by atoms with van der Waals surface area (Å²) in [5, 5.41) is 20.0. The summed E-state index contributed by atoms with van der Waals surface area (Å²) < 4.78 is 94.8. The van der Waals surface area contributed by atoms with E-state index in [-0.39, 0.29) is 50.4 Å². The molecule has 4 aromatic rings. The summed E-state index contributed by atoms with van der Waals surface area (Å²) in [6, 6.07) is 9.24. The van der Waals surface area contributed by atoms with E-state index in [4.69, 9.17) is 57.3 Å². The van der Waals surface area contributed by atoms with Crippen molar-refractivity contribution in [2.75, 3.05) is 65.2 Å². The number of aromatic nitrogens is 3. The quantitative estimate of drug-likeness (QED) is 0.0552. The van der Waals surface area contributed by atoms with E-state index in [0.29, 0.717) is 17.0 Å². The van der Waals surface area contributed by atoms with Gasteiger partial charge in [-0.05, 0) is 66.3 Å². The number of carboxylic acid groups (broad SMARTS) is 2. The van der Waals surface area contributed by atoms with E-state index in [0.717, 1.165) is 25.1 Å². The molecule has 0 saturated carbocycles. The molecule has 0 spiro atoms. The van der Waals surface area contributed by atoms with E-state index < -0.39 is 83.2 Å². The third kappa shape index (κ3) is 22.8. The molecule has 1 unspecified atom stereocenters. The van der Waals surface area contributed by atoms with Crippen LogP contribution in [0.2, 0.25) is 10.0 Å². The highest BCUT2D eigenvalue weighted by molar-refractivity contribution is 7.94. The number of aliphatic carboxylic acids is 2. The lowest BCUT2D eigenvalue weighted by Gasteiger charge is -2.14. The van der Waals surface area contributed by atoms with Crippen LogP contribution in [0.25, 0.3) is 0 Å². The summed E-state index contributed by atoms with van der Waals surface area (Å²) in [5.41, 5.74) is -1.31. The Bertz CT molecular complexity index is 2570. The molecular weight excluding hydrogens is 1030 g/mol. The second-order valence-corrected chi connectivity index (χ2v) is 20.0. The smallest absolute Gasteiger partial charge is 0.416 e. The number of ether oxygens (including phenoxy) is 4. The maximum Gasteiger partial charge on any atom is 0.416 e. The van der Waals surface area contributed by atoms with E-state index in [9.17, 15) is 55.0 Å². The number of hydrogen-bond acceptors (Lipinski definition) is 17. The number of nitrogens with one attached hydrogen (secondary N) is 3. The lowest BCUT2D eigenvalue weighted by Crippen LogP contribution is -2.36. The molecule has 69 heavy (non-hydrogen) atoms. The minimum Gasteiger partial charge on any atom is -0.778 e. The summed E-state index contributed by atoms with van der Waals surface area (Å²) in [7, 11) is -2.56. The van der Waals surface area contributed by atoms with Crippen LogP contribution in [0.5, 0.6) is 23.3 Å². The Hall–Kier alpha value is -6.00. The van der Waals surface area contributed by atoms with Gasteiger partial charge in [0, 0.05) is 20.3 Å². The molecule has 0 aliphatic heterocycles. The van der Waals surface area contributed by atoms with Crippen molar-refractivity contribution in [3.8, 4) is 23.3 Å². The number of urea groups is 1. The van der Waals surface area contributed by atoms with Crippen LogP contribution in [0.3, 0.4) is 0 Å². The zero-order chi connectivity index (χ0) is 53.0. The molecular formula is C38H45Cl2F3N7O16PS2. The van der Waals surface area contributed by atoms with Gasteiger partial charge in [0.2, 0.25) is 17.7 Å². The van der Waals surface area contributed by atoms with Gasteiger partial charge in [-0.25, -0.2) is 24.1 Å². The van der Waals surface area contributed by atoms with Crippen LogP contribution in [0.4, 0.5) is 23.9 Å². The van der Waals surface area contributed by atoms with E-state index in [1.807, 2.05) is 5.32 Å². The Morgan fingerprint density at radius 1 is 0.928 bits per heavy atom. The second kappa shape index (κ2) is 27.9. The van der Waals surface area contributed by atoms with Gasteiger partial charge >= 0.3 is 30.1 Å². The fraction of sp³-hybridized carbons (Fsp3) is 0.316. The van der Waals surface area contributed by atoms with Gasteiger partial charge in [0.15, 0.2) is 11.1 Å². The summed E-state index contributed by atoms with van der Waals surface area (Å²) in [6.45, 7) is 0.684. The predicted molar refractivity (Wildman–Crippen MR) is 243 cm³/mol. The lowest BCUT2D eigenvalue weighted by molar-refractivity contribution is -0.193. The first-order valence-corrected chi connectivity index (χ1v) is 25.0. The number of carbonyl (C=O) groups is 5. The first-order chi connectivity index (χ1) is 31.8. The van der Waals surface area contributed by atoms with Crippen molar-refractivity contribution in [2.24, 2.45) is 0 Å². The largest absolute Gasteiger partial charge is 0.778 e. The van der Waals surface area contributed by atoms with Crippen LogP contribution in [0.1, 0.15) is 33.2 Å². The fourth-order valence-electron chi connectivity index (χ4n) is 4.16. The minimum atomic E-state index is -4.56. The topological polar surface area (TPSA) is 335 Å². The molecule has 2 atom stereocenters. The number of hydrogen-bond donors (Lipinski definition) is 6. The number of rotatable bonds is 15. The first kappa shape index (κ1) is 61.0. The SMILES string of the molecule is COc1cc(OC)nc(NC(=O)NS(=O)(=O)c2ncccc2C(=O)N(C)C)n1.C[C@H](OC(=O)c1cc(Oc2ccc(C(F)(F)F)cc2Cl)ccc1Cl)C(=O)O.C[S+](C)C.O=C(O)CNCP(=O)([O-])O. The zero-order valence-corrected chi connectivity index (χ0v) is 41.4. The maximum atomic E-state index is 12.7. The van der Waals surface area contributed by atoms with E-state index in [1.54, 1.807) is 4.72 Å². The van der Waals surface area contributed by atoms with Crippen molar-refractivity contribution >= 4 is 87.5 Å². The van der Waals surface area contributed by atoms with E-state index in [1.165, 1.54) is 69.7 Å². The molecule has 6 N–H and O–H groups in total. The molecule has 31 heteroatoms. The minimum absolute atomic E-state index is 0.0246. The zero-order valence-electron chi connectivity index (χ0n) is 37.4. The van der Waals surface area contributed by atoms with Gasteiger partial charge in [0.1, 0.15) is 19.1 Å². The van der Waals surface area contributed by atoms with Gasteiger partial charge in [-0.1, -0.05) is 23.2 Å². The molecule has 0 fully saturated rings. The van der Waals surface area contributed by atoms with Gasteiger partial charge in [-0.3, -0.25) is 20.2 Å². The number of sulfonamides is 1. The molecule has 0 aliphatic rings. The second-order valence-electron chi connectivity index (χ2n) is 13.5. The summed E-state index contributed by atoms with van der Waals surface area (Å²) in [6.07, 6.45) is 1.11. The molecule has 2 aromatic carbocycles. The number of alkyl halides is 3. The van der Waals surface area contributed by atoms with Crippen LogP contribution >= 0.6 is 30.8 Å². The van der Waals surface area contributed by atoms with Crippen LogP contribution in [-0.2, 0) is 46.0 Å². The summed E-state index contributed by atoms with van der Waals surface area (Å²) in [4.78, 5) is 87.5. The van der Waals surface area contributed by atoms with Crippen molar-refractivity contribution < 1.29 is 89.1 Å². The van der Waals surface area contributed by atoms with Gasteiger partial charge in [-0.2, -0.15) is 31.6 Å². The van der Waals surface area contributed by atoms with Crippen LogP contribution in [0, 0.1) is 0 Å². The van der Waals surface area contributed by atoms with Gasteiger partial charge in [0.25, 0.3) is 15.9 Å². The summed E-state index contributed by atoms with van der Waals surface area (Å²) >= 11 is 11.7. The Labute approximate surface area is 405 Å². The fourth-order valence-corrected chi connectivity index (χ4v) is 6.01. The molecule has 2 heterocycles. The molecule has 0 radical (unpaired) electrons. The van der Waals surface area contributed by atoms with Crippen molar-refractivity contribution in [3.05, 3.63) is 87.5 Å². The number of nitrogens with zero attached hydrogens (tertiary/aromatic N) is 4. The number of halogens is 5. The van der Waals surface area contributed by atoms with Crippen LogP contribution in [-0.4, -0.2) is 139 Å². The highest BCUT2D eigenvalue weighted by Crippen LogP contribution is 2.37. The predicted octanol–water partition coefficient (Wildman–Crippen LogP) is 4.19. The lowest BCUT2D eigenvalue weighted by atomic mass is 10.2. The molecule has 0 aliphatic carbocycles. The van der Waals surface area contributed by atoms with Gasteiger partial charge < -0.3 is 48.4 Å². The molecule has 0 saturated heterocycles. The summed E-state index contributed by atoms with van der Waals surface area (Å²) in [5.74, 6) is -4.22. The molecule has 23 nitrogen and oxygen atoms in total. The maximum absolute atomic E-state index is 12.7. The number of pyridine rings is 1. The van der Waals surface area contributed by atoms with Crippen LogP contribution < -0.4 is 34.5 Å². The standard InChI is InChI=1S/C17H11Cl2F3O5.C15H18N6O6S.C3H8NO5P.C3H9S/c1-8(15(23)24)26-16(25)11-7-10(3-4-12(11)18)27-14-5-2-9(6-13(14)19)17(20,21)22;1-21(2)13(22)9-6-5-7-16-12(9)28(24,25)20-15(23)19-14-17-10(26-3)8-11(18-14)27-4;5-3(6)1-4-2-10(7,8)9;1-4(2)3/h2-8H,1H3,(H,23,24);5-8H,1-4H3,(H2,17,18,19,20,23);4H,1-2H2,(H,5,6)(H2,7,8,9);1-3H3/q;;;+1/p-1/t8-;;;/m0.../s1. The Kier molecular flexibility index (Phi) is 24.6. The monoisotopic (exact) mass is 1080 g/mol. The van der Waals surface area contributed by atoms with Gasteiger partial charge in [0.05, 0.1) is 78.6 Å².